The van der Waals surface area contributed by atoms with Crippen LogP contribution in [0.15, 0.2) is 42.5 Å². The number of carbonyl (C=O) groups excluding carboxylic acids is 1. The summed E-state index contributed by atoms with van der Waals surface area (Å²) in [6, 6.07) is 17.0. The number of fused-ring (bicyclic) bond motifs is 2. The molecule has 0 spiro atoms. The maximum atomic E-state index is 12.5. The molecule has 1 aromatic heterocycles. The standard InChI is InChI=1S/C22H21N5O/c23-12-18-2-1-3-20(25-18)15-6-4-14(5-7-15)10-19(13-24)27-22(28)21-16-8-9-17(11-16)26-21/h1-7,16-17,19,21,26H,8-11H2,(H,27,28)/t16-,17+,19-,21-/m0/s1. The molecule has 2 heterocycles. The lowest BCUT2D eigenvalue weighted by Gasteiger charge is -2.23. The summed E-state index contributed by atoms with van der Waals surface area (Å²) in [7, 11) is 0. The van der Waals surface area contributed by atoms with Crippen LogP contribution in [0.5, 0.6) is 0 Å². The summed E-state index contributed by atoms with van der Waals surface area (Å²) in [6.07, 6.45) is 3.76. The number of aromatic nitrogens is 1. The van der Waals surface area contributed by atoms with E-state index in [0.717, 1.165) is 36.1 Å². The molecule has 1 aliphatic carbocycles. The number of hydrogen-bond donors (Lipinski definition) is 2. The lowest BCUT2D eigenvalue weighted by atomic mass is 9.98. The highest BCUT2D eigenvalue weighted by atomic mass is 16.2. The van der Waals surface area contributed by atoms with Crippen molar-refractivity contribution >= 4 is 5.91 Å². The van der Waals surface area contributed by atoms with Gasteiger partial charge in [0.1, 0.15) is 17.8 Å². The molecule has 2 N–H and O–H groups in total. The average molecular weight is 371 g/mol. The number of benzene rings is 1. The SMILES string of the molecule is N#Cc1cccc(-c2ccc(C[C@@H](C#N)NC(=O)[C@H]3N[C@@H]4CC[C@H]3C4)cc2)n1. The van der Waals surface area contributed by atoms with Gasteiger partial charge in [0.2, 0.25) is 5.91 Å². The molecule has 2 aromatic rings. The molecule has 0 unspecified atom stereocenters. The minimum absolute atomic E-state index is 0.0621. The van der Waals surface area contributed by atoms with Gasteiger partial charge in [-0.15, -0.1) is 0 Å². The molecular formula is C22H21N5O. The van der Waals surface area contributed by atoms with Crippen LogP contribution >= 0.6 is 0 Å². The second-order valence-corrected chi connectivity index (χ2v) is 7.53. The molecular weight excluding hydrogens is 350 g/mol. The van der Waals surface area contributed by atoms with Crippen molar-refractivity contribution in [3.05, 3.63) is 53.7 Å². The summed E-state index contributed by atoms with van der Waals surface area (Å²) in [5.41, 5.74) is 2.98. The topological polar surface area (TPSA) is 102 Å². The number of nitriles is 2. The predicted molar refractivity (Wildman–Crippen MR) is 104 cm³/mol. The summed E-state index contributed by atoms with van der Waals surface area (Å²) < 4.78 is 0. The zero-order chi connectivity index (χ0) is 19.5. The second-order valence-electron chi connectivity index (χ2n) is 7.53. The van der Waals surface area contributed by atoms with E-state index in [1.165, 1.54) is 0 Å². The molecule has 0 radical (unpaired) electrons. The minimum atomic E-state index is -0.556. The average Bonchev–Trinajstić information content (AvgIpc) is 3.37. The smallest absolute Gasteiger partial charge is 0.238 e. The van der Waals surface area contributed by atoms with Crippen LogP contribution in [-0.2, 0) is 11.2 Å². The van der Waals surface area contributed by atoms with Crippen LogP contribution < -0.4 is 10.6 Å². The number of amides is 1. The van der Waals surface area contributed by atoms with Gasteiger partial charge in [0, 0.05) is 18.0 Å². The van der Waals surface area contributed by atoms with E-state index in [2.05, 4.69) is 21.7 Å². The van der Waals surface area contributed by atoms with Crippen molar-refractivity contribution in [3.8, 4) is 23.4 Å². The third-order valence-corrected chi connectivity index (χ3v) is 5.67. The molecule has 1 aromatic carbocycles. The zero-order valence-corrected chi connectivity index (χ0v) is 15.4. The molecule has 6 heteroatoms. The molecule has 2 fully saturated rings. The Hall–Kier alpha value is -3.22. The first-order valence-electron chi connectivity index (χ1n) is 9.59. The third kappa shape index (κ3) is 3.74. The van der Waals surface area contributed by atoms with Gasteiger partial charge in [-0.25, -0.2) is 4.98 Å². The zero-order valence-electron chi connectivity index (χ0n) is 15.4. The third-order valence-electron chi connectivity index (χ3n) is 5.67. The Morgan fingerprint density at radius 1 is 1.21 bits per heavy atom. The van der Waals surface area contributed by atoms with Crippen LogP contribution in [0.3, 0.4) is 0 Å². The molecule has 1 saturated carbocycles. The number of piperidine rings is 1. The van der Waals surface area contributed by atoms with Gasteiger partial charge in [-0.3, -0.25) is 4.79 Å². The Balaban J connectivity index is 1.39. The minimum Gasteiger partial charge on any atom is -0.339 e. The van der Waals surface area contributed by atoms with Crippen molar-refractivity contribution in [1.29, 1.82) is 10.5 Å². The van der Waals surface area contributed by atoms with E-state index < -0.39 is 6.04 Å². The fourth-order valence-corrected chi connectivity index (χ4v) is 4.25. The molecule has 2 aliphatic rings. The van der Waals surface area contributed by atoms with Gasteiger partial charge in [-0.05, 0) is 42.9 Å². The van der Waals surface area contributed by atoms with Crippen molar-refractivity contribution in [1.82, 2.24) is 15.6 Å². The number of carbonyl (C=O) groups is 1. The lowest BCUT2D eigenvalue weighted by molar-refractivity contribution is -0.124. The van der Waals surface area contributed by atoms with E-state index in [1.54, 1.807) is 12.1 Å². The Morgan fingerprint density at radius 2 is 2.04 bits per heavy atom. The first-order valence-corrected chi connectivity index (χ1v) is 9.59. The van der Waals surface area contributed by atoms with Crippen LogP contribution in [0.4, 0.5) is 0 Å². The van der Waals surface area contributed by atoms with Crippen molar-refractivity contribution < 1.29 is 4.79 Å². The van der Waals surface area contributed by atoms with Gasteiger partial charge in [0.25, 0.3) is 0 Å². The highest BCUT2D eigenvalue weighted by Crippen LogP contribution is 2.35. The van der Waals surface area contributed by atoms with Crippen LogP contribution in [0.25, 0.3) is 11.3 Å². The Kier molecular flexibility index (Phi) is 5.06. The number of pyridine rings is 1. The monoisotopic (exact) mass is 371 g/mol. The van der Waals surface area contributed by atoms with E-state index in [-0.39, 0.29) is 11.9 Å². The Morgan fingerprint density at radius 3 is 2.68 bits per heavy atom. The molecule has 140 valence electrons. The van der Waals surface area contributed by atoms with E-state index in [4.69, 9.17) is 5.26 Å². The summed E-state index contributed by atoms with van der Waals surface area (Å²) in [5, 5.41) is 24.7. The molecule has 4 atom stereocenters. The highest BCUT2D eigenvalue weighted by Gasteiger charge is 2.43. The van der Waals surface area contributed by atoms with Gasteiger partial charge >= 0.3 is 0 Å². The molecule has 1 saturated heterocycles. The van der Waals surface area contributed by atoms with Crippen LogP contribution in [0, 0.1) is 28.6 Å². The fraction of sp³-hybridized carbons (Fsp3) is 0.364. The van der Waals surface area contributed by atoms with Gasteiger partial charge in [-0.2, -0.15) is 10.5 Å². The molecule has 6 nitrogen and oxygen atoms in total. The predicted octanol–water partition coefficient (Wildman–Crippen LogP) is 2.31. The van der Waals surface area contributed by atoms with E-state index in [0.29, 0.717) is 24.1 Å². The number of hydrogen-bond acceptors (Lipinski definition) is 5. The Labute approximate surface area is 164 Å². The van der Waals surface area contributed by atoms with Gasteiger partial charge in [0.05, 0.1) is 17.8 Å². The summed E-state index contributed by atoms with van der Waals surface area (Å²) in [4.78, 5) is 16.8. The Bertz CT molecular complexity index is 956. The van der Waals surface area contributed by atoms with Gasteiger partial charge in [-0.1, -0.05) is 30.3 Å². The molecule has 1 aliphatic heterocycles. The van der Waals surface area contributed by atoms with Crippen LogP contribution in [-0.4, -0.2) is 29.0 Å². The van der Waals surface area contributed by atoms with Crippen molar-refractivity contribution in [2.24, 2.45) is 5.92 Å². The molecule has 1 amide bonds. The maximum Gasteiger partial charge on any atom is 0.238 e. The molecule has 2 bridgehead atoms. The molecule has 28 heavy (non-hydrogen) atoms. The highest BCUT2D eigenvalue weighted by molar-refractivity contribution is 5.83. The van der Waals surface area contributed by atoms with Crippen molar-refractivity contribution in [2.45, 2.75) is 43.8 Å². The van der Waals surface area contributed by atoms with Crippen molar-refractivity contribution in [2.75, 3.05) is 0 Å². The summed E-state index contributed by atoms with van der Waals surface area (Å²) in [6.45, 7) is 0. The largest absolute Gasteiger partial charge is 0.339 e. The molecule has 4 rings (SSSR count). The van der Waals surface area contributed by atoms with E-state index in [1.807, 2.05) is 36.4 Å². The summed E-state index contributed by atoms with van der Waals surface area (Å²) in [5.74, 6) is 0.341. The summed E-state index contributed by atoms with van der Waals surface area (Å²) >= 11 is 0. The normalized spacial score (nSPS) is 23.6. The van der Waals surface area contributed by atoms with Crippen molar-refractivity contribution in [3.63, 3.8) is 0 Å². The van der Waals surface area contributed by atoms with E-state index in [9.17, 15) is 10.1 Å². The first-order chi connectivity index (χ1) is 13.7. The second kappa shape index (κ2) is 7.80. The maximum absolute atomic E-state index is 12.5. The number of rotatable bonds is 5. The number of nitrogens with zero attached hydrogens (tertiary/aromatic N) is 3. The van der Waals surface area contributed by atoms with E-state index >= 15 is 0 Å². The first kappa shape index (κ1) is 18.2. The van der Waals surface area contributed by atoms with Crippen LogP contribution in [0.1, 0.15) is 30.5 Å². The fourth-order valence-electron chi connectivity index (χ4n) is 4.25. The van der Waals surface area contributed by atoms with Crippen LogP contribution in [0.2, 0.25) is 0 Å². The van der Waals surface area contributed by atoms with Gasteiger partial charge in [0.15, 0.2) is 0 Å². The quantitative estimate of drug-likeness (QED) is 0.840. The number of nitrogens with one attached hydrogen (secondary N) is 2. The lowest BCUT2D eigenvalue weighted by Crippen LogP contribution is -2.50. The van der Waals surface area contributed by atoms with Gasteiger partial charge < -0.3 is 10.6 Å².